The largest absolute Gasteiger partial charge is 0.480 e. The Balaban J connectivity index is 2.07. The zero-order valence-electron chi connectivity index (χ0n) is 15.4. The van der Waals surface area contributed by atoms with Crippen molar-refractivity contribution in [3.05, 3.63) is 40.3 Å². The lowest BCUT2D eigenvalue weighted by Crippen LogP contribution is -2.49. The van der Waals surface area contributed by atoms with E-state index in [9.17, 15) is 19.5 Å². The first-order valence-electron chi connectivity index (χ1n) is 8.57. The molecule has 1 aromatic carbocycles. The van der Waals surface area contributed by atoms with Gasteiger partial charge in [0.1, 0.15) is 16.9 Å². The van der Waals surface area contributed by atoms with Crippen LogP contribution in [0, 0.1) is 12.8 Å². The van der Waals surface area contributed by atoms with Gasteiger partial charge in [0, 0.05) is 0 Å². The number of hydrogen-bond donors (Lipinski definition) is 2. The molecule has 6 nitrogen and oxygen atoms in total. The molecule has 27 heavy (non-hydrogen) atoms. The van der Waals surface area contributed by atoms with Crippen molar-refractivity contribution in [2.75, 3.05) is 6.54 Å². The molecule has 1 heterocycles. The summed E-state index contributed by atoms with van der Waals surface area (Å²) in [4.78, 5) is 37.8. The third kappa shape index (κ3) is 5.40. The van der Waals surface area contributed by atoms with Crippen molar-refractivity contribution in [3.8, 4) is 0 Å². The van der Waals surface area contributed by atoms with Gasteiger partial charge in [0.15, 0.2) is 0 Å². The van der Waals surface area contributed by atoms with E-state index in [0.29, 0.717) is 11.3 Å². The van der Waals surface area contributed by atoms with Gasteiger partial charge in [0.2, 0.25) is 5.91 Å². The van der Waals surface area contributed by atoms with E-state index in [1.54, 1.807) is 13.0 Å². The molecule has 2 unspecified atom stereocenters. The molecule has 0 aromatic heterocycles. The predicted octanol–water partition coefficient (Wildman–Crippen LogP) is 2.81. The zero-order valence-corrected chi connectivity index (χ0v) is 17.0. The van der Waals surface area contributed by atoms with Gasteiger partial charge in [0.25, 0.3) is 5.91 Å². The molecule has 0 spiro atoms. The predicted molar refractivity (Wildman–Crippen MR) is 110 cm³/mol. The monoisotopic (exact) mass is 406 g/mol. The van der Waals surface area contributed by atoms with Crippen LogP contribution in [0.2, 0.25) is 0 Å². The first-order chi connectivity index (χ1) is 12.7. The van der Waals surface area contributed by atoms with E-state index in [-0.39, 0.29) is 22.7 Å². The van der Waals surface area contributed by atoms with Crippen molar-refractivity contribution in [3.63, 3.8) is 0 Å². The fraction of sp³-hybridized carbons (Fsp3) is 0.368. The van der Waals surface area contributed by atoms with Gasteiger partial charge in [-0.3, -0.25) is 14.5 Å². The van der Waals surface area contributed by atoms with Crippen molar-refractivity contribution in [1.82, 2.24) is 10.2 Å². The van der Waals surface area contributed by atoms with Crippen LogP contribution in [-0.2, 0) is 14.4 Å². The van der Waals surface area contributed by atoms with Crippen molar-refractivity contribution >= 4 is 52.2 Å². The van der Waals surface area contributed by atoms with Crippen molar-refractivity contribution in [2.45, 2.75) is 33.2 Å². The Labute approximate surface area is 168 Å². The molecule has 1 saturated heterocycles. The smallest absolute Gasteiger partial charge is 0.326 e. The quantitative estimate of drug-likeness (QED) is 0.535. The molecular weight excluding hydrogens is 384 g/mol. The number of aliphatic carboxylic acids is 1. The van der Waals surface area contributed by atoms with Crippen LogP contribution < -0.4 is 5.32 Å². The van der Waals surface area contributed by atoms with Gasteiger partial charge >= 0.3 is 5.97 Å². The molecule has 0 aliphatic carbocycles. The maximum absolute atomic E-state index is 12.6. The average molecular weight is 407 g/mol. The second-order valence-corrected chi connectivity index (χ2v) is 8.12. The van der Waals surface area contributed by atoms with Crippen LogP contribution in [-0.4, -0.2) is 44.7 Å². The van der Waals surface area contributed by atoms with Gasteiger partial charge in [-0.15, -0.1) is 0 Å². The fourth-order valence-electron chi connectivity index (χ4n) is 2.50. The summed E-state index contributed by atoms with van der Waals surface area (Å²) < 4.78 is 0.281. The average Bonchev–Trinajstić information content (AvgIpc) is 2.88. The number of carboxylic acid groups (broad SMARTS) is 1. The normalized spacial score (nSPS) is 17.9. The first-order valence-corrected chi connectivity index (χ1v) is 9.79. The number of thiocarbonyl (C=S) groups is 1. The molecule has 0 saturated carbocycles. The number of aryl methyl sites for hydroxylation is 1. The lowest BCUT2D eigenvalue weighted by Gasteiger charge is -2.21. The van der Waals surface area contributed by atoms with E-state index >= 15 is 0 Å². The number of carbonyl (C=O) groups is 3. The summed E-state index contributed by atoms with van der Waals surface area (Å²) in [5.74, 6) is -2.21. The van der Waals surface area contributed by atoms with Gasteiger partial charge < -0.3 is 10.4 Å². The highest BCUT2D eigenvalue weighted by Crippen LogP contribution is 2.32. The highest BCUT2D eigenvalue weighted by atomic mass is 32.2. The molecule has 1 aliphatic rings. The molecule has 2 atom stereocenters. The summed E-state index contributed by atoms with van der Waals surface area (Å²) in [6.45, 7) is 5.29. The van der Waals surface area contributed by atoms with E-state index in [4.69, 9.17) is 12.2 Å². The number of nitrogens with zero attached hydrogens (tertiary/aromatic N) is 1. The molecule has 0 bridgehead atoms. The molecule has 144 valence electrons. The van der Waals surface area contributed by atoms with E-state index < -0.39 is 17.9 Å². The molecule has 2 amide bonds. The lowest BCUT2D eigenvalue weighted by atomic mass is 9.99. The van der Waals surface area contributed by atoms with E-state index in [2.05, 4.69) is 5.32 Å². The summed E-state index contributed by atoms with van der Waals surface area (Å²) in [7, 11) is 0. The van der Waals surface area contributed by atoms with Gasteiger partial charge in [-0.05, 0) is 24.5 Å². The standard InChI is InChI=1S/C19H22N2O4S2/c1-4-12(3)16(18(24)25)20-15(22)10-21-17(23)14(27-19(21)26)9-13-7-5-11(2)6-8-13/h5-9,12,16H,4,10H2,1-3H3,(H,20,22)(H,24,25)/b14-9-. The van der Waals surface area contributed by atoms with Crippen LogP contribution in [0.3, 0.4) is 0 Å². The Morgan fingerprint density at radius 2 is 1.96 bits per heavy atom. The van der Waals surface area contributed by atoms with Crippen LogP contribution >= 0.6 is 24.0 Å². The SMILES string of the molecule is CCC(C)C(NC(=O)CN1C(=O)/C(=C/c2ccc(C)cc2)SC1=S)C(=O)O. The Hall–Kier alpha value is -2.19. The maximum Gasteiger partial charge on any atom is 0.326 e. The van der Waals surface area contributed by atoms with Crippen molar-refractivity contribution in [1.29, 1.82) is 0 Å². The number of nitrogens with one attached hydrogen (secondary N) is 1. The molecule has 2 N–H and O–H groups in total. The highest BCUT2D eigenvalue weighted by Gasteiger charge is 2.34. The number of carbonyl (C=O) groups excluding carboxylic acids is 2. The molecule has 2 rings (SSSR count). The van der Waals surface area contributed by atoms with Crippen molar-refractivity contribution in [2.24, 2.45) is 5.92 Å². The molecule has 0 radical (unpaired) electrons. The number of thioether (sulfide) groups is 1. The fourth-order valence-corrected chi connectivity index (χ4v) is 3.75. The number of benzene rings is 1. The number of amides is 2. The summed E-state index contributed by atoms with van der Waals surface area (Å²) in [6.07, 6.45) is 2.34. The zero-order chi connectivity index (χ0) is 20.1. The van der Waals surface area contributed by atoms with E-state index in [0.717, 1.165) is 22.9 Å². The molecular formula is C19H22N2O4S2. The third-order valence-corrected chi connectivity index (χ3v) is 5.72. The molecule has 8 heteroatoms. The topological polar surface area (TPSA) is 86.7 Å². The van der Waals surface area contributed by atoms with Crippen LogP contribution in [0.25, 0.3) is 6.08 Å². The Kier molecular flexibility index (Phi) is 7.15. The van der Waals surface area contributed by atoms with Crippen LogP contribution in [0.5, 0.6) is 0 Å². The summed E-state index contributed by atoms with van der Waals surface area (Å²) in [5.41, 5.74) is 1.99. The summed E-state index contributed by atoms with van der Waals surface area (Å²) >= 11 is 6.35. The Morgan fingerprint density at radius 3 is 2.52 bits per heavy atom. The Bertz CT molecular complexity index is 789. The minimum absolute atomic E-state index is 0.223. The number of carboxylic acids is 1. The molecule has 1 aromatic rings. The summed E-state index contributed by atoms with van der Waals surface area (Å²) in [6, 6.07) is 6.70. The van der Waals surface area contributed by atoms with Crippen LogP contribution in [0.4, 0.5) is 0 Å². The highest BCUT2D eigenvalue weighted by molar-refractivity contribution is 8.26. The third-order valence-electron chi connectivity index (χ3n) is 4.35. The minimum Gasteiger partial charge on any atom is -0.480 e. The van der Waals surface area contributed by atoms with E-state index in [1.807, 2.05) is 38.1 Å². The second-order valence-electron chi connectivity index (χ2n) is 6.45. The van der Waals surface area contributed by atoms with Crippen LogP contribution in [0.1, 0.15) is 31.4 Å². The molecule has 1 fully saturated rings. The molecule has 1 aliphatic heterocycles. The van der Waals surface area contributed by atoms with Crippen molar-refractivity contribution < 1.29 is 19.5 Å². The second kappa shape index (κ2) is 9.14. The summed E-state index contributed by atoms with van der Waals surface area (Å²) in [5, 5.41) is 11.8. The number of rotatable bonds is 7. The van der Waals surface area contributed by atoms with Gasteiger partial charge in [-0.2, -0.15) is 0 Å². The van der Waals surface area contributed by atoms with Gasteiger partial charge in [0.05, 0.1) is 4.91 Å². The van der Waals surface area contributed by atoms with Crippen LogP contribution in [0.15, 0.2) is 29.2 Å². The number of hydrogen-bond acceptors (Lipinski definition) is 5. The lowest BCUT2D eigenvalue weighted by molar-refractivity contribution is -0.143. The van der Waals surface area contributed by atoms with Gasteiger partial charge in [-0.25, -0.2) is 4.79 Å². The first kappa shape index (κ1) is 21.1. The maximum atomic E-state index is 12.6. The van der Waals surface area contributed by atoms with E-state index in [1.165, 1.54) is 4.90 Å². The van der Waals surface area contributed by atoms with Gasteiger partial charge in [-0.1, -0.05) is 74.1 Å². The minimum atomic E-state index is -1.10. The Morgan fingerprint density at radius 1 is 1.33 bits per heavy atom.